The van der Waals surface area contributed by atoms with Gasteiger partial charge in [-0.3, -0.25) is 4.79 Å². The average molecular weight is 423 g/mol. The lowest BCUT2D eigenvalue weighted by Crippen LogP contribution is -2.26. The molecule has 0 spiro atoms. The zero-order valence-electron chi connectivity index (χ0n) is 17.5. The summed E-state index contributed by atoms with van der Waals surface area (Å²) in [5.41, 5.74) is 4.63. The van der Waals surface area contributed by atoms with Crippen molar-refractivity contribution in [1.29, 1.82) is 0 Å². The number of amides is 1. The standard InChI is InChI=1S/C25H21N5O2/c1-17-23(25(31)26-15-14-18-8-4-2-5-9-18)27-29-30(17)20-12-13-22-21(16-20)24(32-28-22)19-10-6-3-7-11-19/h2-13,16H,14-15H2,1H3,(H,26,31). The fourth-order valence-corrected chi connectivity index (χ4v) is 3.69. The van der Waals surface area contributed by atoms with Crippen molar-refractivity contribution < 1.29 is 9.32 Å². The smallest absolute Gasteiger partial charge is 0.273 e. The highest BCUT2D eigenvalue weighted by Gasteiger charge is 2.18. The van der Waals surface area contributed by atoms with Crippen LogP contribution < -0.4 is 5.32 Å². The van der Waals surface area contributed by atoms with Crippen molar-refractivity contribution in [2.45, 2.75) is 13.3 Å². The topological polar surface area (TPSA) is 85.8 Å². The predicted molar refractivity (Wildman–Crippen MR) is 122 cm³/mol. The van der Waals surface area contributed by atoms with Crippen LogP contribution in [0.15, 0.2) is 83.4 Å². The maximum Gasteiger partial charge on any atom is 0.273 e. The van der Waals surface area contributed by atoms with Gasteiger partial charge in [0.2, 0.25) is 0 Å². The lowest BCUT2D eigenvalue weighted by molar-refractivity contribution is 0.0948. The van der Waals surface area contributed by atoms with Crippen molar-refractivity contribution >= 4 is 16.8 Å². The largest absolute Gasteiger partial charge is 0.355 e. The Hall–Kier alpha value is -4.26. The first-order chi connectivity index (χ1) is 15.7. The second-order valence-corrected chi connectivity index (χ2v) is 7.51. The highest BCUT2D eigenvalue weighted by Crippen LogP contribution is 2.30. The van der Waals surface area contributed by atoms with Crippen LogP contribution in [-0.4, -0.2) is 32.6 Å². The highest BCUT2D eigenvalue weighted by atomic mass is 16.5. The van der Waals surface area contributed by atoms with E-state index in [1.807, 2.05) is 85.8 Å². The molecular formula is C25H21N5O2. The number of hydrogen-bond acceptors (Lipinski definition) is 5. The second kappa shape index (κ2) is 8.47. The van der Waals surface area contributed by atoms with Gasteiger partial charge in [0, 0.05) is 12.1 Å². The Morgan fingerprint density at radius 2 is 1.75 bits per heavy atom. The van der Waals surface area contributed by atoms with E-state index in [-0.39, 0.29) is 5.91 Å². The minimum absolute atomic E-state index is 0.235. The molecule has 0 aliphatic carbocycles. The van der Waals surface area contributed by atoms with Crippen LogP contribution in [0.25, 0.3) is 27.9 Å². The van der Waals surface area contributed by atoms with Gasteiger partial charge in [0.25, 0.3) is 5.91 Å². The Kier molecular flexibility index (Phi) is 5.21. The van der Waals surface area contributed by atoms with Crippen LogP contribution in [-0.2, 0) is 6.42 Å². The number of nitrogens with zero attached hydrogens (tertiary/aromatic N) is 4. The zero-order valence-corrected chi connectivity index (χ0v) is 17.5. The van der Waals surface area contributed by atoms with Crippen LogP contribution in [0.2, 0.25) is 0 Å². The Morgan fingerprint density at radius 3 is 2.53 bits per heavy atom. The molecule has 32 heavy (non-hydrogen) atoms. The maximum absolute atomic E-state index is 12.7. The van der Waals surface area contributed by atoms with E-state index in [1.54, 1.807) is 4.68 Å². The van der Waals surface area contributed by atoms with E-state index in [9.17, 15) is 4.79 Å². The Balaban J connectivity index is 1.38. The Labute approximate surface area is 184 Å². The number of hydrogen-bond donors (Lipinski definition) is 1. The van der Waals surface area contributed by atoms with E-state index in [4.69, 9.17) is 4.52 Å². The lowest BCUT2D eigenvalue weighted by Gasteiger charge is -2.06. The van der Waals surface area contributed by atoms with Crippen molar-refractivity contribution in [2.75, 3.05) is 6.54 Å². The molecule has 0 atom stereocenters. The third-order valence-electron chi connectivity index (χ3n) is 5.39. The summed E-state index contributed by atoms with van der Waals surface area (Å²) < 4.78 is 7.25. The van der Waals surface area contributed by atoms with Crippen LogP contribution in [0.5, 0.6) is 0 Å². The van der Waals surface area contributed by atoms with Gasteiger partial charge in [-0.2, -0.15) is 0 Å². The molecule has 2 aromatic heterocycles. The van der Waals surface area contributed by atoms with Gasteiger partial charge in [-0.1, -0.05) is 71.0 Å². The summed E-state index contributed by atoms with van der Waals surface area (Å²) in [4.78, 5) is 12.7. The minimum atomic E-state index is -0.235. The summed E-state index contributed by atoms with van der Waals surface area (Å²) >= 11 is 0. The number of fused-ring (bicyclic) bond motifs is 1. The van der Waals surface area contributed by atoms with E-state index in [0.29, 0.717) is 23.7 Å². The van der Waals surface area contributed by atoms with Crippen molar-refractivity contribution in [3.63, 3.8) is 0 Å². The number of nitrogens with one attached hydrogen (secondary N) is 1. The third-order valence-corrected chi connectivity index (χ3v) is 5.39. The molecule has 0 fully saturated rings. The molecule has 1 N–H and O–H groups in total. The van der Waals surface area contributed by atoms with Gasteiger partial charge in [0.05, 0.1) is 16.8 Å². The molecule has 7 heteroatoms. The number of carbonyl (C=O) groups is 1. The fraction of sp³-hybridized carbons (Fsp3) is 0.120. The van der Waals surface area contributed by atoms with E-state index >= 15 is 0 Å². The van der Waals surface area contributed by atoms with E-state index in [1.165, 1.54) is 5.56 Å². The molecule has 0 aliphatic heterocycles. The molecule has 0 radical (unpaired) electrons. The molecule has 0 aliphatic rings. The van der Waals surface area contributed by atoms with Crippen LogP contribution in [0.4, 0.5) is 0 Å². The van der Waals surface area contributed by atoms with E-state index in [0.717, 1.165) is 28.6 Å². The normalized spacial score (nSPS) is 11.0. The van der Waals surface area contributed by atoms with Crippen LogP contribution in [0.3, 0.4) is 0 Å². The van der Waals surface area contributed by atoms with E-state index in [2.05, 4.69) is 20.8 Å². The molecular weight excluding hydrogens is 402 g/mol. The summed E-state index contributed by atoms with van der Waals surface area (Å²) in [5.74, 6) is 0.458. The molecule has 0 saturated heterocycles. The molecule has 5 aromatic rings. The SMILES string of the molecule is Cc1c(C(=O)NCCc2ccccc2)nnn1-c1ccc2noc(-c3ccccc3)c2c1. The molecule has 0 saturated carbocycles. The monoisotopic (exact) mass is 423 g/mol. The molecule has 0 unspecified atom stereocenters. The first kappa shape index (κ1) is 19.7. The van der Waals surface area contributed by atoms with Gasteiger partial charge in [0.1, 0.15) is 5.52 Å². The number of aromatic nitrogens is 4. The van der Waals surface area contributed by atoms with Gasteiger partial charge in [-0.05, 0) is 37.1 Å². The number of rotatable bonds is 6. The summed E-state index contributed by atoms with van der Waals surface area (Å²) in [6, 6.07) is 25.6. The number of carbonyl (C=O) groups excluding carboxylic acids is 1. The summed E-state index contributed by atoms with van der Waals surface area (Å²) in [5, 5.41) is 16.3. The quantitative estimate of drug-likeness (QED) is 0.439. The zero-order chi connectivity index (χ0) is 21.9. The van der Waals surface area contributed by atoms with Crippen LogP contribution in [0, 0.1) is 6.92 Å². The van der Waals surface area contributed by atoms with Gasteiger partial charge < -0.3 is 9.84 Å². The van der Waals surface area contributed by atoms with Crippen molar-refractivity contribution in [3.05, 3.63) is 95.8 Å². The fourth-order valence-electron chi connectivity index (χ4n) is 3.69. The Bertz CT molecular complexity index is 1370. The highest BCUT2D eigenvalue weighted by molar-refractivity contribution is 5.94. The predicted octanol–water partition coefficient (Wildman–Crippen LogP) is 4.36. The maximum atomic E-state index is 12.7. The van der Waals surface area contributed by atoms with Gasteiger partial charge >= 0.3 is 0 Å². The molecule has 2 heterocycles. The molecule has 1 amide bonds. The van der Waals surface area contributed by atoms with Crippen LogP contribution >= 0.6 is 0 Å². The molecule has 7 nitrogen and oxygen atoms in total. The first-order valence-corrected chi connectivity index (χ1v) is 10.4. The Morgan fingerprint density at radius 1 is 1.00 bits per heavy atom. The van der Waals surface area contributed by atoms with Gasteiger partial charge in [-0.15, -0.1) is 5.10 Å². The molecule has 3 aromatic carbocycles. The van der Waals surface area contributed by atoms with Gasteiger partial charge in [-0.25, -0.2) is 4.68 Å². The second-order valence-electron chi connectivity index (χ2n) is 7.51. The number of benzene rings is 3. The molecule has 0 bridgehead atoms. The van der Waals surface area contributed by atoms with Gasteiger partial charge in [0.15, 0.2) is 11.5 Å². The van der Waals surface area contributed by atoms with Crippen molar-refractivity contribution in [2.24, 2.45) is 0 Å². The van der Waals surface area contributed by atoms with Crippen molar-refractivity contribution in [3.8, 4) is 17.0 Å². The average Bonchev–Trinajstić information content (AvgIpc) is 3.43. The molecule has 5 rings (SSSR count). The third kappa shape index (κ3) is 3.76. The van der Waals surface area contributed by atoms with Crippen LogP contribution in [0.1, 0.15) is 21.7 Å². The lowest BCUT2D eigenvalue weighted by atomic mass is 10.1. The minimum Gasteiger partial charge on any atom is -0.355 e. The summed E-state index contributed by atoms with van der Waals surface area (Å²) in [7, 11) is 0. The van der Waals surface area contributed by atoms with Crippen molar-refractivity contribution in [1.82, 2.24) is 25.5 Å². The molecule has 158 valence electrons. The summed E-state index contributed by atoms with van der Waals surface area (Å²) in [6.45, 7) is 2.37. The van der Waals surface area contributed by atoms with E-state index < -0.39 is 0 Å². The first-order valence-electron chi connectivity index (χ1n) is 10.4. The summed E-state index contributed by atoms with van der Waals surface area (Å²) in [6.07, 6.45) is 0.756.